The minimum atomic E-state index is -0.466. The van der Waals surface area contributed by atoms with E-state index in [4.69, 9.17) is 9.47 Å². The number of aromatic nitrogens is 2. The number of fused-ring (bicyclic) bond motifs is 1. The molecule has 5 rings (SSSR count). The summed E-state index contributed by atoms with van der Waals surface area (Å²) in [7, 11) is 0. The Morgan fingerprint density at radius 2 is 2.00 bits per heavy atom. The van der Waals surface area contributed by atoms with E-state index in [1.165, 1.54) is 17.7 Å². The molecule has 1 atom stereocenters. The summed E-state index contributed by atoms with van der Waals surface area (Å²) in [5, 5.41) is 0. The Morgan fingerprint density at radius 3 is 2.74 bits per heavy atom. The average Bonchev–Trinajstić information content (AvgIpc) is 3.10. The van der Waals surface area contributed by atoms with Crippen molar-refractivity contribution in [3.63, 3.8) is 0 Å². The van der Waals surface area contributed by atoms with Gasteiger partial charge in [0.05, 0.1) is 30.9 Å². The first-order chi connectivity index (χ1) is 15.0. The fraction of sp³-hybridized carbons (Fsp3) is 0.458. The van der Waals surface area contributed by atoms with E-state index in [9.17, 15) is 9.18 Å². The van der Waals surface area contributed by atoms with Crippen molar-refractivity contribution in [1.82, 2.24) is 14.5 Å². The van der Waals surface area contributed by atoms with Gasteiger partial charge in [-0.3, -0.25) is 9.47 Å². The van der Waals surface area contributed by atoms with Crippen LogP contribution in [0.1, 0.15) is 30.0 Å². The summed E-state index contributed by atoms with van der Waals surface area (Å²) in [6, 6.07) is 13.1. The first kappa shape index (κ1) is 20.4. The number of likely N-dealkylation sites (tertiary alicyclic amines) is 1. The summed E-state index contributed by atoms with van der Waals surface area (Å²) >= 11 is 0. The molecular formula is C24H28FN3O3. The summed E-state index contributed by atoms with van der Waals surface area (Å²) in [6.45, 7) is 6.34. The molecule has 2 fully saturated rings. The van der Waals surface area contributed by atoms with Crippen molar-refractivity contribution in [1.29, 1.82) is 0 Å². The standard InChI is InChI=1S/C24H28FN3O3/c1-17-3-2-4-18(13-17)24(16-30-11-12-31-24)15-27-9-7-20(8-10-27)28-22-6-5-19(25)14-21(22)26-23(28)29/h2-6,13-14,20H,7-12,15-16H2,1H3,(H,26,29). The summed E-state index contributed by atoms with van der Waals surface area (Å²) in [5.74, 6) is -0.341. The number of piperidine rings is 1. The number of H-pyrrole nitrogens is 1. The van der Waals surface area contributed by atoms with E-state index in [2.05, 4.69) is 41.1 Å². The SMILES string of the molecule is Cc1cccc(C2(CN3CCC(n4c(=O)[nH]c5cc(F)ccc54)CC3)COCCO2)c1. The Morgan fingerprint density at radius 1 is 1.16 bits per heavy atom. The topological polar surface area (TPSA) is 59.5 Å². The normalized spacial score (nSPS) is 23.4. The molecule has 0 saturated carbocycles. The molecule has 6 nitrogen and oxygen atoms in total. The molecule has 3 aromatic rings. The number of nitrogens with zero attached hydrogens (tertiary/aromatic N) is 2. The van der Waals surface area contributed by atoms with Gasteiger partial charge >= 0.3 is 5.69 Å². The number of benzene rings is 2. The number of ether oxygens (including phenoxy) is 2. The molecule has 0 amide bonds. The van der Waals surface area contributed by atoms with Gasteiger partial charge in [0, 0.05) is 25.7 Å². The second kappa shape index (κ2) is 8.22. The molecule has 2 aliphatic heterocycles. The van der Waals surface area contributed by atoms with E-state index in [0.717, 1.165) is 43.6 Å². The average molecular weight is 426 g/mol. The van der Waals surface area contributed by atoms with Crippen molar-refractivity contribution in [2.45, 2.75) is 31.4 Å². The third-order valence-corrected chi connectivity index (χ3v) is 6.57. The van der Waals surface area contributed by atoms with Gasteiger partial charge in [-0.05, 0) is 43.5 Å². The smallest absolute Gasteiger partial charge is 0.326 e. The van der Waals surface area contributed by atoms with Crippen molar-refractivity contribution in [2.75, 3.05) is 39.5 Å². The van der Waals surface area contributed by atoms with Gasteiger partial charge in [-0.15, -0.1) is 0 Å². The van der Waals surface area contributed by atoms with Crippen LogP contribution >= 0.6 is 0 Å². The number of halogens is 1. The maximum Gasteiger partial charge on any atom is 0.326 e. The monoisotopic (exact) mass is 425 g/mol. The Bertz CT molecular complexity index is 1120. The molecule has 1 unspecified atom stereocenters. The molecule has 164 valence electrons. The van der Waals surface area contributed by atoms with Crippen molar-refractivity contribution in [3.8, 4) is 0 Å². The Balaban J connectivity index is 1.33. The number of hydrogen-bond acceptors (Lipinski definition) is 4. The molecule has 1 N–H and O–H groups in total. The highest BCUT2D eigenvalue weighted by atomic mass is 19.1. The quantitative estimate of drug-likeness (QED) is 0.697. The molecule has 31 heavy (non-hydrogen) atoms. The lowest BCUT2D eigenvalue weighted by Crippen LogP contribution is -2.51. The summed E-state index contributed by atoms with van der Waals surface area (Å²) in [4.78, 5) is 17.8. The maximum atomic E-state index is 13.5. The van der Waals surface area contributed by atoms with Crippen LogP contribution in [0.3, 0.4) is 0 Å². The number of imidazole rings is 1. The molecule has 2 saturated heterocycles. The van der Waals surface area contributed by atoms with Crippen molar-refractivity contribution in [2.24, 2.45) is 0 Å². The first-order valence-electron chi connectivity index (χ1n) is 11.0. The van der Waals surface area contributed by atoms with Gasteiger partial charge in [-0.1, -0.05) is 29.8 Å². The van der Waals surface area contributed by atoms with Crippen LogP contribution in [0.25, 0.3) is 11.0 Å². The van der Waals surface area contributed by atoms with Crippen molar-refractivity contribution in [3.05, 3.63) is 69.9 Å². The van der Waals surface area contributed by atoms with Crippen LogP contribution in [0, 0.1) is 12.7 Å². The van der Waals surface area contributed by atoms with Crippen LogP contribution in [0.5, 0.6) is 0 Å². The molecule has 0 aliphatic carbocycles. The maximum absolute atomic E-state index is 13.5. The molecule has 2 aromatic carbocycles. The lowest BCUT2D eigenvalue weighted by atomic mass is 9.90. The predicted octanol–water partition coefficient (Wildman–Crippen LogP) is 3.36. The number of aromatic amines is 1. The van der Waals surface area contributed by atoms with E-state index in [1.54, 1.807) is 10.6 Å². The lowest BCUT2D eigenvalue weighted by Gasteiger charge is -2.43. The molecule has 0 bridgehead atoms. The van der Waals surface area contributed by atoms with Gasteiger partial charge in [-0.2, -0.15) is 0 Å². The van der Waals surface area contributed by atoms with Crippen LogP contribution in [0.2, 0.25) is 0 Å². The fourth-order valence-corrected chi connectivity index (χ4v) is 5.02. The highest BCUT2D eigenvalue weighted by molar-refractivity contribution is 5.75. The minimum absolute atomic E-state index is 0.0985. The molecule has 0 radical (unpaired) electrons. The first-order valence-corrected chi connectivity index (χ1v) is 11.0. The van der Waals surface area contributed by atoms with E-state index in [-0.39, 0.29) is 17.5 Å². The highest BCUT2D eigenvalue weighted by Gasteiger charge is 2.39. The van der Waals surface area contributed by atoms with E-state index in [1.807, 2.05) is 0 Å². The van der Waals surface area contributed by atoms with Gasteiger partial charge in [0.1, 0.15) is 11.4 Å². The fourth-order valence-electron chi connectivity index (χ4n) is 5.02. The van der Waals surface area contributed by atoms with Crippen molar-refractivity contribution >= 4 is 11.0 Å². The minimum Gasteiger partial charge on any atom is -0.376 e. The lowest BCUT2D eigenvalue weighted by molar-refractivity contribution is -0.173. The molecule has 0 spiro atoms. The third kappa shape index (κ3) is 3.93. The van der Waals surface area contributed by atoms with E-state index in [0.29, 0.717) is 25.3 Å². The Kier molecular flexibility index (Phi) is 5.42. The molecule has 3 heterocycles. The van der Waals surface area contributed by atoms with Crippen molar-refractivity contribution < 1.29 is 13.9 Å². The van der Waals surface area contributed by atoms with Crippen LogP contribution in [-0.4, -0.2) is 53.9 Å². The van der Waals surface area contributed by atoms with Crippen LogP contribution in [-0.2, 0) is 15.1 Å². The van der Waals surface area contributed by atoms with Crippen LogP contribution in [0.15, 0.2) is 47.3 Å². The number of aryl methyl sites for hydroxylation is 1. The summed E-state index contributed by atoms with van der Waals surface area (Å²) in [5.41, 5.74) is 3.05. The Hall–Kier alpha value is -2.48. The zero-order valence-electron chi connectivity index (χ0n) is 17.8. The van der Waals surface area contributed by atoms with Gasteiger partial charge in [-0.25, -0.2) is 9.18 Å². The van der Waals surface area contributed by atoms with Gasteiger partial charge < -0.3 is 14.5 Å². The number of hydrogen-bond donors (Lipinski definition) is 1. The predicted molar refractivity (Wildman–Crippen MR) is 117 cm³/mol. The van der Waals surface area contributed by atoms with Gasteiger partial charge in [0.25, 0.3) is 0 Å². The largest absolute Gasteiger partial charge is 0.376 e. The van der Waals surface area contributed by atoms with E-state index >= 15 is 0 Å². The second-order valence-electron chi connectivity index (χ2n) is 8.73. The summed E-state index contributed by atoms with van der Waals surface area (Å²) in [6.07, 6.45) is 1.71. The van der Waals surface area contributed by atoms with Gasteiger partial charge in [0.2, 0.25) is 0 Å². The number of nitrogens with one attached hydrogen (secondary N) is 1. The Labute approximate surface area is 180 Å². The van der Waals surface area contributed by atoms with Gasteiger partial charge in [0.15, 0.2) is 0 Å². The summed E-state index contributed by atoms with van der Waals surface area (Å²) < 4.78 is 27.5. The zero-order valence-corrected chi connectivity index (χ0v) is 17.8. The zero-order chi connectivity index (χ0) is 21.4. The molecule has 7 heteroatoms. The van der Waals surface area contributed by atoms with Crippen LogP contribution < -0.4 is 5.69 Å². The van der Waals surface area contributed by atoms with E-state index < -0.39 is 5.60 Å². The third-order valence-electron chi connectivity index (χ3n) is 6.57. The highest BCUT2D eigenvalue weighted by Crippen LogP contribution is 2.33. The molecular weight excluding hydrogens is 397 g/mol. The molecule has 2 aliphatic rings. The second-order valence-corrected chi connectivity index (χ2v) is 8.73. The molecule has 1 aromatic heterocycles. The number of rotatable bonds is 4. The van der Waals surface area contributed by atoms with Crippen LogP contribution in [0.4, 0.5) is 4.39 Å².